The Balaban J connectivity index is 1.90. The summed E-state index contributed by atoms with van der Waals surface area (Å²) in [5.41, 5.74) is 1.85. The van der Waals surface area contributed by atoms with E-state index in [1.54, 1.807) is 6.08 Å². The third-order valence-electron chi connectivity index (χ3n) is 2.79. The average molecular weight is 265 g/mol. The third-order valence-corrected chi connectivity index (χ3v) is 4.25. The second kappa shape index (κ2) is 4.94. The SMILES string of the molecule is Cc1ccc(NC(=O)CC2C=CS(=O)(=O)C2)cc1. The molecule has 0 saturated heterocycles. The fraction of sp³-hybridized carbons (Fsp3) is 0.308. The highest BCUT2D eigenvalue weighted by Gasteiger charge is 2.23. The van der Waals surface area contributed by atoms with Crippen molar-refractivity contribution in [2.75, 3.05) is 11.1 Å². The van der Waals surface area contributed by atoms with Crippen molar-refractivity contribution in [1.29, 1.82) is 0 Å². The lowest BCUT2D eigenvalue weighted by atomic mass is 10.1. The molecule has 1 unspecified atom stereocenters. The predicted octanol–water partition coefficient (Wildman–Crippen LogP) is 1.88. The zero-order valence-corrected chi connectivity index (χ0v) is 10.9. The number of nitrogens with one attached hydrogen (secondary N) is 1. The van der Waals surface area contributed by atoms with Crippen molar-refractivity contribution in [2.24, 2.45) is 5.92 Å². The Bertz CT molecular complexity index is 573. The monoisotopic (exact) mass is 265 g/mol. The number of carbonyl (C=O) groups excluding carboxylic acids is 1. The maximum atomic E-state index is 11.7. The molecule has 96 valence electrons. The van der Waals surface area contributed by atoms with Gasteiger partial charge in [-0.25, -0.2) is 8.42 Å². The molecule has 1 heterocycles. The van der Waals surface area contributed by atoms with Crippen LogP contribution in [-0.4, -0.2) is 20.1 Å². The van der Waals surface area contributed by atoms with Gasteiger partial charge in [0.25, 0.3) is 0 Å². The molecule has 0 fully saturated rings. The number of anilines is 1. The van der Waals surface area contributed by atoms with E-state index in [0.717, 1.165) is 11.3 Å². The molecular formula is C13H15NO3S. The van der Waals surface area contributed by atoms with Crippen molar-refractivity contribution in [3.05, 3.63) is 41.3 Å². The van der Waals surface area contributed by atoms with E-state index in [4.69, 9.17) is 0 Å². The summed E-state index contributed by atoms with van der Waals surface area (Å²) in [5, 5.41) is 3.95. The lowest BCUT2D eigenvalue weighted by Crippen LogP contribution is -2.17. The maximum absolute atomic E-state index is 11.7. The van der Waals surface area contributed by atoms with Crippen molar-refractivity contribution in [3.8, 4) is 0 Å². The summed E-state index contributed by atoms with van der Waals surface area (Å²) in [4.78, 5) is 11.7. The minimum Gasteiger partial charge on any atom is -0.326 e. The Kier molecular flexibility index (Phi) is 3.52. The number of carbonyl (C=O) groups is 1. The minimum atomic E-state index is -3.08. The Morgan fingerprint density at radius 2 is 2.00 bits per heavy atom. The number of rotatable bonds is 3. The molecule has 1 aliphatic rings. The zero-order valence-electron chi connectivity index (χ0n) is 10.1. The molecule has 0 bridgehead atoms. The first kappa shape index (κ1) is 12.8. The molecule has 1 atom stereocenters. The maximum Gasteiger partial charge on any atom is 0.224 e. The Labute approximate surface area is 107 Å². The smallest absolute Gasteiger partial charge is 0.224 e. The molecule has 0 spiro atoms. The number of hydrogen-bond acceptors (Lipinski definition) is 3. The first-order valence-electron chi connectivity index (χ1n) is 5.72. The van der Waals surface area contributed by atoms with E-state index in [0.29, 0.717) is 0 Å². The molecule has 0 radical (unpaired) electrons. The molecule has 1 N–H and O–H groups in total. The van der Waals surface area contributed by atoms with E-state index in [-0.39, 0.29) is 24.0 Å². The van der Waals surface area contributed by atoms with Crippen LogP contribution in [0, 0.1) is 12.8 Å². The van der Waals surface area contributed by atoms with Crippen LogP contribution in [0.25, 0.3) is 0 Å². The summed E-state index contributed by atoms with van der Waals surface area (Å²) >= 11 is 0. The predicted molar refractivity (Wildman–Crippen MR) is 70.8 cm³/mol. The van der Waals surface area contributed by atoms with Gasteiger partial charge < -0.3 is 5.32 Å². The van der Waals surface area contributed by atoms with E-state index < -0.39 is 9.84 Å². The summed E-state index contributed by atoms with van der Waals surface area (Å²) in [5.74, 6) is -0.333. The van der Waals surface area contributed by atoms with Crippen LogP contribution in [0.1, 0.15) is 12.0 Å². The van der Waals surface area contributed by atoms with Gasteiger partial charge in [-0.2, -0.15) is 0 Å². The molecule has 0 aromatic heterocycles. The molecular weight excluding hydrogens is 250 g/mol. The summed E-state index contributed by atoms with van der Waals surface area (Å²) in [6.45, 7) is 1.97. The fourth-order valence-electron chi connectivity index (χ4n) is 1.85. The van der Waals surface area contributed by atoms with Gasteiger partial charge in [0.15, 0.2) is 9.84 Å². The lowest BCUT2D eigenvalue weighted by molar-refractivity contribution is -0.116. The van der Waals surface area contributed by atoms with Crippen LogP contribution in [0.2, 0.25) is 0 Å². The molecule has 18 heavy (non-hydrogen) atoms. The van der Waals surface area contributed by atoms with Crippen LogP contribution in [0.3, 0.4) is 0 Å². The number of aryl methyl sites for hydroxylation is 1. The highest BCUT2D eigenvalue weighted by molar-refractivity contribution is 7.94. The third kappa shape index (κ3) is 3.43. The number of amides is 1. The molecule has 0 saturated carbocycles. The van der Waals surface area contributed by atoms with Gasteiger partial charge in [0, 0.05) is 23.4 Å². The fourth-order valence-corrected chi connectivity index (χ4v) is 3.25. The van der Waals surface area contributed by atoms with E-state index in [1.165, 1.54) is 5.41 Å². The highest BCUT2D eigenvalue weighted by Crippen LogP contribution is 2.19. The molecule has 0 aliphatic carbocycles. The number of benzene rings is 1. The summed E-state index contributed by atoms with van der Waals surface area (Å²) < 4.78 is 22.4. The second-order valence-electron chi connectivity index (χ2n) is 4.54. The molecule has 1 aliphatic heterocycles. The normalized spacial score (nSPS) is 20.8. The largest absolute Gasteiger partial charge is 0.326 e. The molecule has 1 amide bonds. The first-order chi connectivity index (χ1) is 8.44. The Morgan fingerprint density at radius 3 is 2.56 bits per heavy atom. The summed E-state index contributed by atoms with van der Waals surface area (Å²) in [6, 6.07) is 7.48. The van der Waals surface area contributed by atoms with Crippen LogP contribution < -0.4 is 5.32 Å². The first-order valence-corrected chi connectivity index (χ1v) is 7.44. The van der Waals surface area contributed by atoms with Gasteiger partial charge in [-0.15, -0.1) is 0 Å². The molecule has 1 aromatic rings. The summed E-state index contributed by atoms with van der Waals surface area (Å²) in [6.07, 6.45) is 1.79. The van der Waals surface area contributed by atoms with E-state index in [1.807, 2.05) is 31.2 Å². The van der Waals surface area contributed by atoms with E-state index in [9.17, 15) is 13.2 Å². The van der Waals surface area contributed by atoms with Gasteiger partial charge in [0.2, 0.25) is 5.91 Å². The van der Waals surface area contributed by atoms with E-state index >= 15 is 0 Å². The average Bonchev–Trinajstić information content (AvgIpc) is 2.61. The van der Waals surface area contributed by atoms with Crippen LogP contribution in [0.4, 0.5) is 5.69 Å². The van der Waals surface area contributed by atoms with Crippen molar-refractivity contribution in [1.82, 2.24) is 0 Å². The summed E-state index contributed by atoms with van der Waals surface area (Å²) in [7, 11) is -3.08. The molecule has 1 aromatic carbocycles. The molecule has 2 rings (SSSR count). The quantitative estimate of drug-likeness (QED) is 0.907. The van der Waals surface area contributed by atoms with Gasteiger partial charge in [-0.05, 0) is 19.1 Å². The lowest BCUT2D eigenvalue weighted by Gasteiger charge is -2.08. The van der Waals surface area contributed by atoms with E-state index in [2.05, 4.69) is 5.32 Å². The van der Waals surface area contributed by atoms with Crippen LogP contribution >= 0.6 is 0 Å². The van der Waals surface area contributed by atoms with Crippen molar-refractivity contribution < 1.29 is 13.2 Å². The van der Waals surface area contributed by atoms with Gasteiger partial charge in [-0.1, -0.05) is 23.8 Å². The minimum absolute atomic E-state index is 0.0360. The Hall–Kier alpha value is -1.62. The second-order valence-corrected chi connectivity index (χ2v) is 6.47. The number of sulfone groups is 1. The van der Waals surface area contributed by atoms with Crippen LogP contribution in [0.15, 0.2) is 35.7 Å². The van der Waals surface area contributed by atoms with Gasteiger partial charge in [0.05, 0.1) is 5.75 Å². The van der Waals surface area contributed by atoms with Crippen LogP contribution in [-0.2, 0) is 14.6 Å². The van der Waals surface area contributed by atoms with Gasteiger partial charge in [-0.3, -0.25) is 4.79 Å². The van der Waals surface area contributed by atoms with Crippen molar-refractivity contribution in [2.45, 2.75) is 13.3 Å². The standard InChI is InChI=1S/C13H15NO3S/c1-10-2-4-12(5-3-10)14-13(15)8-11-6-7-18(16,17)9-11/h2-7,11H,8-9H2,1H3,(H,14,15). The highest BCUT2D eigenvalue weighted by atomic mass is 32.2. The van der Waals surface area contributed by atoms with Gasteiger partial charge >= 0.3 is 0 Å². The van der Waals surface area contributed by atoms with Crippen LogP contribution in [0.5, 0.6) is 0 Å². The van der Waals surface area contributed by atoms with Crippen molar-refractivity contribution >= 4 is 21.4 Å². The number of allylic oxidation sites excluding steroid dienone is 1. The number of hydrogen-bond donors (Lipinski definition) is 1. The zero-order chi connectivity index (χ0) is 13.2. The molecule has 4 nitrogen and oxygen atoms in total. The molecule has 5 heteroatoms. The Morgan fingerprint density at radius 1 is 1.33 bits per heavy atom. The van der Waals surface area contributed by atoms with Gasteiger partial charge in [0.1, 0.15) is 0 Å². The van der Waals surface area contributed by atoms with Crippen molar-refractivity contribution in [3.63, 3.8) is 0 Å². The topological polar surface area (TPSA) is 63.2 Å².